The second-order valence-electron chi connectivity index (χ2n) is 3.68. The van der Waals surface area contributed by atoms with E-state index in [-0.39, 0.29) is 11.4 Å². The quantitative estimate of drug-likeness (QED) is 0.737. The summed E-state index contributed by atoms with van der Waals surface area (Å²) in [7, 11) is 0. The van der Waals surface area contributed by atoms with Crippen LogP contribution >= 0.6 is 23.1 Å². The fourth-order valence-corrected chi connectivity index (χ4v) is 2.72. The van der Waals surface area contributed by atoms with Crippen LogP contribution in [0.15, 0.2) is 28.6 Å². The molecule has 0 unspecified atom stereocenters. The highest BCUT2D eigenvalue weighted by Gasteiger charge is 2.11. The Balaban J connectivity index is 1.79. The van der Waals surface area contributed by atoms with E-state index in [1.165, 1.54) is 18.2 Å². The Morgan fingerprint density at radius 2 is 2.10 bits per heavy atom. The number of urea groups is 1. The van der Waals surface area contributed by atoms with Crippen LogP contribution in [0, 0.1) is 5.82 Å². The van der Waals surface area contributed by atoms with E-state index in [2.05, 4.69) is 20.8 Å². The standard InChI is InChI=1S/C11H10FN5O2S2/c12-6-3-1-2-4-7(6)14-10(19)15-8(18)5-20-11-17-16-9(13)21-11/h1-4H,5H2,(H2,13,16)(H2,14,15,18,19). The lowest BCUT2D eigenvalue weighted by Gasteiger charge is -2.06. The lowest BCUT2D eigenvalue weighted by molar-refractivity contribution is -0.117. The number of thioether (sulfide) groups is 1. The fourth-order valence-electron chi connectivity index (χ4n) is 1.28. The van der Waals surface area contributed by atoms with Crippen molar-refractivity contribution in [2.75, 3.05) is 16.8 Å². The van der Waals surface area contributed by atoms with Gasteiger partial charge in [0.05, 0.1) is 11.4 Å². The molecule has 0 atom stereocenters. The van der Waals surface area contributed by atoms with Gasteiger partial charge in [0.2, 0.25) is 11.0 Å². The second-order valence-corrected chi connectivity index (χ2v) is 5.91. The van der Waals surface area contributed by atoms with Crippen LogP contribution in [0.1, 0.15) is 0 Å². The molecule has 1 aromatic heterocycles. The van der Waals surface area contributed by atoms with Crippen molar-refractivity contribution in [3.63, 3.8) is 0 Å². The predicted molar refractivity (Wildman–Crippen MR) is 78.6 cm³/mol. The van der Waals surface area contributed by atoms with Crippen molar-refractivity contribution < 1.29 is 14.0 Å². The van der Waals surface area contributed by atoms with E-state index in [0.717, 1.165) is 23.1 Å². The predicted octanol–water partition coefficient (Wildman–Crippen LogP) is 1.70. The molecule has 21 heavy (non-hydrogen) atoms. The van der Waals surface area contributed by atoms with E-state index < -0.39 is 17.8 Å². The summed E-state index contributed by atoms with van der Waals surface area (Å²) in [4.78, 5) is 23.1. The number of carbonyl (C=O) groups excluding carboxylic acids is 2. The number of amides is 3. The average Bonchev–Trinajstić information content (AvgIpc) is 2.85. The number of nitrogens with two attached hydrogens (primary N) is 1. The van der Waals surface area contributed by atoms with Crippen molar-refractivity contribution in [3.05, 3.63) is 30.1 Å². The number of hydrogen-bond acceptors (Lipinski definition) is 7. The Bertz CT molecular complexity index is 664. The van der Waals surface area contributed by atoms with Gasteiger partial charge in [-0.05, 0) is 12.1 Å². The molecule has 2 aromatic rings. The molecule has 1 heterocycles. The largest absolute Gasteiger partial charge is 0.374 e. The minimum atomic E-state index is -0.803. The molecule has 7 nitrogen and oxygen atoms in total. The smallest absolute Gasteiger partial charge is 0.325 e. The summed E-state index contributed by atoms with van der Waals surface area (Å²) in [6, 6.07) is 4.85. The topological polar surface area (TPSA) is 110 Å². The van der Waals surface area contributed by atoms with Gasteiger partial charge in [0.15, 0.2) is 4.34 Å². The Hall–Kier alpha value is -2.20. The summed E-state index contributed by atoms with van der Waals surface area (Å²) in [5, 5.41) is 11.9. The number of hydrogen-bond donors (Lipinski definition) is 3. The number of rotatable bonds is 4. The normalized spacial score (nSPS) is 10.1. The van der Waals surface area contributed by atoms with Crippen LogP contribution in [-0.4, -0.2) is 27.9 Å². The summed E-state index contributed by atoms with van der Waals surface area (Å²) in [5.41, 5.74) is 5.39. The van der Waals surface area contributed by atoms with Crippen LogP contribution in [-0.2, 0) is 4.79 Å². The molecule has 0 bridgehead atoms. The second kappa shape index (κ2) is 6.99. The van der Waals surface area contributed by atoms with Crippen molar-refractivity contribution >= 4 is 45.9 Å². The molecule has 3 amide bonds. The van der Waals surface area contributed by atoms with Gasteiger partial charge < -0.3 is 11.1 Å². The zero-order valence-corrected chi connectivity index (χ0v) is 12.1. The van der Waals surface area contributed by atoms with Crippen LogP contribution in [0.3, 0.4) is 0 Å². The van der Waals surface area contributed by atoms with Gasteiger partial charge in [0.25, 0.3) is 0 Å². The summed E-state index contributed by atoms with van der Waals surface area (Å²) in [5.74, 6) is -1.15. The minimum absolute atomic E-state index is 0.00708. The molecule has 0 aliphatic heterocycles. The van der Waals surface area contributed by atoms with E-state index in [1.807, 2.05) is 0 Å². The van der Waals surface area contributed by atoms with Gasteiger partial charge >= 0.3 is 6.03 Å². The Kier molecular flexibility index (Phi) is 5.06. The molecule has 10 heteroatoms. The molecule has 2 rings (SSSR count). The molecule has 0 aliphatic rings. The van der Waals surface area contributed by atoms with Gasteiger partial charge in [0.1, 0.15) is 5.82 Å². The number of anilines is 2. The van der Waals surface area contributed by atoms with Crippen LogP contribution in [0.4, 0.5) is 20.0 Å². The minimum Gasteiger partial charge on any atom is -0.374 e. The van der Waals surface area contributed by atoms with Crippen LogP contribution < -0.4 is 16.4 Å². The number of aromatic nitrogens is 2. The number of para-hydroxylation sites is 1. The van der Waals surface area contributed by atoms with E-state index in [4.69, 9.17) is 5.73 Å². The first-order chi connectivity index (χ1) is 10.0. The molecular weight excluding hydrogens is 317 g/mol. The molecule has 0 saturated heterocycles. The highest BCUT2D eigenvalue weighted by Crippen LogP contribution is 2.22. The van der Waals surface area contributed by atoms with Gasteiger partial charge in [-0.3, -0.25) is 10.1 Å². The van der Waals surface area contributed by atoms with E-state index in [9.17, 15) is 14.0 Å². The molecular formula is C11H10FN5O2S2. The molecule has 0 saturated carbocycles. The molecule has 1 aromatic carbocycles. The molecule has 110 valence electrons. The van der Waals surface area contributed by atoms with E-state index >= 15 is 0 Å². The number of halogens is 1. The van der Waals surface area contributed by atoms with Crippen LogP contribution in [0.5, 0.6) is 0 Å². The molecule has 0 fully saturated rings. The van der Waals surface area contributed by atoms with Crippen LogP contribution in [0.2, 0.25) is 0 Å². The van der Waals surface area contributed by atoms with Gasteiger partial charge in [0, 0.05) is 0 Å². The fraction of sp³-hybridized carbons (Fsp3) is 0.0909. The SMILES string of the molecule is Nc1nnc(SCC(=O)NC(=O)Nc2ccccc2F)s1. The summed E-state index contributed by atoms with van der Waals surface area (Å²) in [6.07, 6.45) is 0. The Morgan fingerprint density at radius 3 is 2.76 bits per heavy atom. The third kappa shape index (κ3) is 4.68. The molecule has 4 N–H and O–H groups in total. The van der Waals surface area contributed by atoms with E-state index in [1.54, 1.807) is 6.07 Å². The van der Waals surface area contributed by atoms with Crippen molar-refractivity contribution in [1.82, 2.24) is 15.5 Å². The average molecular weight is 327 g/mol. The lowest BCUT2D eigenvalue weighted by Crippen LogP contribution is -2.35. The van der Waals surface area contributed by atoms with Gasteiger partial charge in [-0.1, -0.05) is 35.2 Å². The summed E-state index contributed by atoms with van der Waals surface area (Å²) in [6.45, 7) is 0. The first-order valence-corrected chi connectivity index (χ1v) is 7.42. The highest BCUT2D eigenvalue weighted by atomic mass is 32.2. The van der Waals surface area contributed by atoms with Crippen molar-refractivity contribution in [3.8, 4) is 0 Å². The first-order valence-electron chi connectivity index (χ1n) is 5.62. The Morgan fingerprint density at radius 1 is 1.33 bits per heavy atom. The molecule has 0 spiro atoms. The zero-order valence-electron chi connectivity index (χ0n) is 10.5. The number of benzene rings is 1. The maximum absolute atomic E-state index is 13.3. The third-order valence-electron chi connectivity index (χ3n) is 2.12. The van der Waals surface area contributed by atoms with Gasteiger partial charge in [-0.15, -0.1) is 10.2 Å². The number of imide groups is 1. The number of nitrogens with zero attached hydrogens (tertiary/aromatic N) is 2. The summed E-state index contributed by atoms with van der Waals surface area (Å²) >= 11 is 2.24. The number of nitrogen functional groups attached to an aromatic ring is 1. The number of carbonyl (C=O) groups is 2. The van der Waals surface area contributed by atoms with Gasteiger partial charge in [-0.2, -0.15) is 0 Å². The lowest BCUT2D eigenvalue weighted by atomic mass is 10.3. The van der Waals surface area contributed by atoms with Crippen molar-refractivity contribution in [2.45, 2.75) is 4.34 Å². The molecule has 0 aliphatic carbocycles. The van der Waals surface area contributed by atoms with E-state index in [0.29, 0.717) is 9.47 Å². The van der Waals surface area contributed by atoms with Crippen molar-refractivity contribution in [1.29, 1.82) is 0 Å². The van der Waals surface area contributed by atoms with Crippen molar-refractivity contribution in [2.24, 2.45) is 0 Å². The zero-order chi connectivity index (χ0) is 15.2. The Labute approximate surface area is 127 Å². The maximum atomic E-state index is 13.3. The highest BCUT2D eigenvalue weighted by molar-refractivity contribution is 8.01. The molecule has 0 radical (unpaired) electrons. The summed E-state index contributed by atoms with van der Waals surface area (Å²) < 4.78 is 13.8. The maximum Gasteiger partial charge on any atom is 0.325 e. The first kappa shape index (κ1) is 15.2. The third-order valence-corrected chi connectivity index (χ3v) is 4.01. The number of nitrogens with one attached hydrogen (secondary N) is 2. The monoisotopic (exact) mass is 327 g/mol. The van der Waals surface area contributed by atoms with Crippen LogP contribution in [0.25, 0.3) is 0 Å². The van der Waals surface area contributed by atoms with Gasteiger partial charge in [-0.25, -0.2) is 9.18 Å².